The van der Waals surface area contributed by atoms with Crippen LogP contribution in [0, 0.1) is 0 Å². The molecule has 0 radical (unpaired) electrons. The van der Waals surface area contributed by atoms with Crippen LogP contribution in [-0.2, 0) is 6.54 Å². The summed E-state index contributed by atoms with van der Waals surface area (Å²) in [5.41, 5.74) is 1.45. The first kappa shape index (κ1) is 18.2. The maximum atomic E-state index is 13.0. The predicted octanol–water partition coefficient (Wildman–Crippen LogP) is 3.93. The highest BCUT2D eigenvalue weighted by atomic mass is 32.1. The molecular formula is C23H16N4O2S. The quantitative estimate of drug-likeness (QED) is 0.485. The molecule has 5 rings (SSSR count). The molecule has 0 fully saturated rings. The number of fused-ring (bicyclic) bond motifs is 2. The van der Waals surface area contributed by atoms with Crippen LogP contribution >= 0.6 is 11.3 Å². The van der Waals surface area contributed by atoms with Gasteiger partial charge in [-0.15, -0.1) is 11.3 Å². The van der Waals surface area contributed by atoms with E-state index < -0.39 is 0 Å². The predicted molar refractivity (Wildman–Crippen MR) is 118 cm³/mol. The van der Waals surface area contributed by atoms with Crippen molar-refractivity contribution in [3.63, 3.8) is 0 Å². The van der Waals surface area contributed by atoms with Crippen LogP contribution < -0.4 is 10.9 Å². The molecule has 1 N–H and O–H groups in total. The van der Waals surface area contributed by atoms with E-state index in [1.807, 2.05) is 42.5 Å². The monoisotopic (exact) mass is 412 g/mol. The summed E-state index contributed by atoms with van der Waals surface area (Å²) in [5, 5.41) is 9.08. The van der Waals surface area contributed by atoms with Crippen molar-refractivity contribution in [2.45, 2.75) is 6.54 Å². The number of carbonyl (C=O) groups is 1. The van der Waals surface area contributed by atoms with Gasteiger partial charge in [-0.1, -0.05) is 48.5 Å². The van der Waals surface area contributed by atoms with E-state index in [0.29, 0.717) is 23.0 Å². The van der Waals surface area contributed by atoms with E-state index in [0.717, 1.165) is 15.2 Å². The largest absolute Gasteiger partial charge is 0.344 e. The van der Waals surface area contributed by atoms with Gasteiger partial charge in [0.1, 0.15) is 5.01 Å². The second-order valence-corrected chi connectivity index (χ2v) is 7.82. The van der Waals surface area contributed by atoms with E-state index in [1.165, 1.54) is 16.0 Å². The molecule has 146 valence electrons. The molecule has 2 aromatic heterocycles. The Morgan fingerprint density at radius 3 is 2.40 bits per heavy atom. The fourth-order valence-electron chi connectivity index (χ4n) is 3.34. The molecule has 7 heteroatoms. The third kappa shape index (κ3) is 3.25. The van der Waals surface area contributed by atoms with Gasteiger partial charge in [-0.05, 0) is 30.3 Å². The lowest BCUT2D eigenvalue weighted by Gasteiger charge is -2.11. The summed E-state index contributed by atoms with van der Waals surface area (Å²) in [4.78, 5) is 30.5. The van der Waals surface area contributed by atoms with E-state index in [9.17, 15) is 9.59 Å². The SMILES string of the molecule is O=C(NCc1nc2ccccc2s1)c1nn(-c2ccccc2)c(=O)c2ccccc12. The number of nitrogens with one attached hydrogen (secondary N) is 1. The Hall–Kier alpha value is -3.84. The lowest BCUT2D eigenvalue weighted by molar-refractivity contribution is 0.0946. The lowest BCUT2D eigenvalue weighted by atomic mass is 10.1. The maximum Gasteiger partial charge on any atom is 0.279 e. The Morgan fingerprint density at radius 2 is 1.60 bits per heavy atom. The fraction of sp³-hybridized carbons (Fsp3) is 0.0435. The second kappa shape index (κ2) is 7.53. The molecule has 6 nitrogen and oxygen atoms in total. The average Bonchev–Trinajstić information content (AvgIpc) is 3.21. The topological polar surface area (TPSA) is 76.9 Å². The molecule has 0 atom stereocenters. The van der Waals surface area contributed by atoms with Gasteiger partial charge < -0.3 is 5.32 Å². The molecular weight excluding hydrogens is 396 g/mol. The smallest absolute Gasteiger partial charge is 0.279 e. The van der Waals surface area contributed by atoms with Gasteiger partial charge in [-0.25, -0.2) is 4.98 Å². The summed E-state index contributed by atoms with van der Waals surface area (Å²) in [6, 6.07) is 24.0. The standard InChI is InChI=1S/C23H16N4O2S/c28-22(24-14-20-25-18-12-6-7-13-19(18)30-20)21-16-10-4-5-11-17(16)23(29)27(26-21)15-8-2-1-3-9-15/h1-13H,14H2,(H,24,28). The zero-order valence-corrected chi connectivity index (χ0v) is 16.6. The molecule has 3 aromatic carbocycles. The van der Waals surface area contributed by atoms with E-state index in [-0.39, 0.29) is 17.2 Å². The summed E-state index contributed by atoms with van der Waals surface area (Å²) in [6.07, 6.45) is 0. The molecule has 0 saturated heterocycles. The molecule has 0 bridgehead atoms. The Balaban J connectivity index is 1.53. The zero-order valence-electron chi connectivity index (χ0n) is 15.8. The highest BCUT2D eigenvalue weighted by molar-refractivity contribution is 7.18. The fourth-order valence-corrected chi connectivity index (χ4v) is 4.24. The van der Waals surface area contributed by atoms with Gasteiger partial charge in [0.25, 0.3) is 11.5 Å². The second-order valence-electron chi connectivity index (χ2n) is 6.70. The number of thiazole rings is 1. The molecule has 30 heavy (non-hydrogen) atoms. The lowest BCUT2D eigenvalue weighted by Crippen LogP contribution is -2.29. The van der Waals surface area contributed by atoms with Crippen molar-refractivity contribution in [3.8, 4) is 5.69 Å². The Bertz CT molecular complexity index is 1410. The van der Waals surface area contributed by atoms with Gasteiger partial charge >= 0.3 is 0 Å². The molecule has 2 heterocycles. The van der Waals surface area contributed by atoms with Gasteiger partial charge in [0.15, 0.2) is 5.69 Å². The maximum absolute atomic E-state index is 13.0. The first-order valence-electron chi connectivity index (χ1n) is 9.41. The summed E-state index contributed by atoms with van der Waals surface area (Å²) < 4.78 is 2.34. The molecule has 0 unspecified atom stereocenters. The average molecular weight is 412 g/mol. The minimum atomic E-state index is -0.352. The summed E-state index contributed by atoms with van der Waals surface area (Å²) in [6.45, 7) is 0.290. The van der Waals surface area contributed by atoms with Gasteiger partial charge in [-0.2, -0.15) is 9.78 Å². The van der Waals surface area contributed by atoms with Crippen LogP contribution in [0.1, 0.15) is 15.5 Å². The van der Waals surface area contributed by atoms with Gasteiger partial charge in [-0.3, -0.25) is 9.59 Å². The van der Waals surface area contributed by atoms with E-state index in [4.69, 9.17) is 0 Å². The number of hydrogen-bond acceptors (Lipinski definition) is 5. The van der Waals surface area contributed by atoms with E-state index in [1.54, 1.807) is 36.4 Å². The van der Waals surface area contributed by atoms with Crippen molar-refractivity contribution in [3.05, 3.63) is 99.9 Å². The van der Waals surface area contributed by atoms with Crippen LogP contribution in [0.5, 0.6) is 0 Å². The number of hydrogen-bond donors (Lipinski definition) is 1. The number of aromatic nitrogens is 3. The Kier molecular flexibility index (Phi) is 4.57. The number of benzene rings is 3. The van der Waals surface area contributed by atoms with Crippen LogP contribution in [0.4, 0.5) is 0 Å². The number of rotatable bonds is 4. The minimum absolute atomic E-state index is 0.204. The molecule has 0 aliphatic rings. The van der Waals surface area contributed by atoms with Crippen LogP contribution in [0.2, 0.25) is 0 Å². The number of amides is 1. The van der Waals surface area contributed by atoms with Crippen molar-refractivity contribution in [1.82, 2.24) is 20.1 Å². The van der Waals surface area contributed by atoms with E-state index >= 15 is 0 Å². The Labute approximate surface area is 175 Å². The molecule has 5 aromatic rings. The van der Waals surface area contributed by atoms with E-state index in [2.05, 4.69) is 15.4 Å². The highest BCUT2D eigenvalue weighted by Gasteiger charge is 2.17. The minimum Gasteiger partial charge on any atom is -0.344 e. The summed E-state index contributed by atoms with van der Waals surface area (Å²) in [5.74, 6) is -0.352. The van der Waals surface area contributed by atoms with Crippen LogP contribution in [0.15, 0.2) is 83.7 Å². The highest BCUT2D eigenvalue weighted by Crippen LogP contribution is 2.21. The van der Waals surface area contributed by atoms with Crippen molar-refractivity contribution >= 4 is 38.2 Å². The third-order valence-corrected chi connectivity index (χ3v) is 5.80. The van der Waals surface area contributed by atoms with Crippen molar-refractivity contribution in [1.29, 1.82) is 0 Å². The molecule has 0 aliphatic carbocycles. The van der Waals surface area contributed by atoms with Gasteiger partial charge in [0, 0.05) is 5.39 Å². The van der Waals surface area contributed by atoms with Gasteiger partial charge in [0.2, 0.25) is 0 Å². The summed E-state index contributed by atoms with van der Waals surface area (Å²) >= 11 is 1.54. The van der Waals surface area contributed by atoms with Crippen molar-refractivity contribution in [2.75, 3.05) is 0 Å². The first-order valence-corrected chi connectivity index (χ1v) is 10.2. The summed E-state index contributed by atoms with van der Waals surface area (Å²) in [7, 11) is 0. The molecule has 0 spiro atoms. The van der Waals surface area contributed by atoms with Crippen molar-refractivity contribution < 1.29 is 4.79 Å². The molecule has 0 aliphatic heterocycles. The van der Waals surface area contributed by atoms with Gasteiger partial charge in [0.05, 0.1) is 27.8 Å². The number of carbonyl (C=O) groups excluding carboxylic acids is 1. The molecule has 1 amide bonds. The van der Waals surface area contributed by atoms with Crippen LogP contribution in [-0.4, -0.2) is 20.7 Å². The van der Waals surface area contributed by atoms with Crippen LogP contribution in [0.25, 0.3) is 26.7 Å². The van der Waals surface area contributed by atoms with Crippen molar-refractivity contribution in [2.24, 2.45) is 0 Å². The first-order chi connectivity index (χ1) is 14.7. The number of nitrogens with zero attached hydrogens (tertiary/aromatic N) is 3. The normalized spacial score (nSPS) is 11.1. The zero-order chi connectivity index (χ0) is 20.5. The number of para-hydroxylation sites is 2. The third-order valence-electron chi connectivity index (χ3n) is 4.76. The Morgan fingerprint density at radius 1 is 0.900 bits per heavy atom. The molecule has 0 saturated carbocycles. The van der Waals surface area contributed by atoms with Crippen LogP contribution in [0.3, 0.4) is 0 Å².